The maximum atomic E-state index is 13.5. The lowest BCUT2D eigenvalue weighted by atomic mass is 9.85. The van der Waals surface area contributed by atoms with Crippen LogP contribution in [0.3, 0.4) is 0 Å². The summed E-state index contributed by atoms with van der Waals surface area (Å²) >= 11 is 0. The SMILES string of the molecule is CCC(C)c1cccc(-c2ccc(C(C)(C)C)cc2-n2nc3cc(C(C)(C)C)ccc3[n+]2[O-])c1O. The molecule has 4 rings (SSSR count). The highest BCUT2D eigenvalue weighted by Gasteiger charge is 2.26. The lowest BCUT2D eigenvalue weighted by molar-refractivity contribution is -0.664. The summed E-state index contributed by atoms with van der Waals surface area (Å²) < 4.78 is 0. The quantitative estimate of drug-likeness (QED) is 0.254. The molecule has 1 unspecified atom stereocenters. The second kappa shape index (κ2) is 8.71. The minimum absolute atomic E-state index is 0.0504. The van der Waals surface area contributed by atoms with Crippen molar-refractivity contribution in [2.24, 2.45) is 0 Å². The molecule has 0 saturated carbocycles. The van der Waals surface area contributed by atoms with Crippen molar-refractivity contribution in [2.45, 2.75) is 78.6 Å². The number of aromatic nitrogens is 3. The molecule has 0 bridgehead atoms. The standard InChI is InChI=1S/C30H37N3O2/c1-9-19(2)22-11-10-12-24(28(22)34)23-15-13-21(30(6,7)8)18-27(23)32-31-25-17-20(29(3,4)5)14-16-26(25)33(32)35/h10-19,34H,9H2,1-8H3. The number of benzene rings is 3. The molecule has 1 aromatic heterocycles. The Morgan fingerprint density at radius 3 is 2.17 bits per heavy atom. The Balaban J connectivity index is 2.01. The molecule has 4 aromatic rings. The van der Waals surface area contributed by atoms with Crippen LogP contribution in [0.2, 0.25) is 0 Å². The van der Waals surface area contributed by atoms with Gasteiger partial charge in [0.15, 0.2) is 0 Å². The fourth-order valence-electron chi connectivity index (χ4n) is 4.42. The number of aromatic hydroxyl groups is 1. The second-order valence-corrected chi connectivity index (χ2v) is 11.7. The highest BCUT2D eigenvalue weighted by atomic mass is 16.5. The Hall–Kier alpha value is -3.34. The maximum absolute atomic E-state index is 13.5. The summed E-state index contributed by atoms with van der Waals surface area (Å²) in [5, 5.41) is 29.5. The van der Waals surface area contributed by atoms with Crippen molar-refractivity contribution in [3.63, 3.8) is 0 Å². The molecule has 3 aromatic carbocycles. The summed E-state index contributed by atoms with van der Waals surface area (Å²) in [5.41, 5.74) is 6.24. The Kier molecular flexibility index (Phi) is 6.16. The van der Waals surface area contributed by atoms with E-state index in [4.69, 9.17) is 5.10 Å². The summed E-state index contributed by atoms with van der Waals surface area (Å²) in [5.74, 6) is 0.482. The van der Waals surface area contributed by atoms with Gasteiger partial charge in [-0.05, 0) is 56.8 Å². The van der Waals surface area contributed by atoms with Gasteiger partial charge in [0.1, 0.15) is 11.4 Å². The Labute approximate surface area is 208 Å². The largest absolute Gasteiger partial charge is 0.692 e. The third-order valence-corrected chi connectivity index (χ3v) is 7.00. The molecule has 0 saturated heterocycles. The highest BCUT2D eigenvalue weighted by Crippen LogP contribution is 2.40. The highest BCUT2D eigenvalue weighted by molar-refractivity contribution is 5.80. The van der Waals surface area contributed by atoms with Crippen molar-refractivity contribution in [3.8, 4) is 22.6 Å². The predicted octanol–water partition coefficient (Wildman–Crippen LogP) is 7.14. The van der Waals surface area contributed by atoms with Gasteiger partial charge in [0.05, 0.1) is 5.10 Å². The van der Waals surface area contributed by atoms with Gasteiger partial charge in [-0.2, -0.15) is 0 Å². The molecule has 0 aliphatic heterocycles. The van der Waals surface area contributed by atoms with Crippen LogP contribution in [0.25, 0.3) is 27.8 Å². The van der Waals surface area contributed by atoms with E-state index in [1.807, 2.05) is 48.5 Å². The van der Waals surface area contributed by atoms with E-state index in [9.17, 15) is 10.3 Å². The summed E-state index contributed by atoms with van der Waals surface area (Å²) in [6.07, 6.45) is 0.925. The van der Waals surface area contributed by atoms with Crippen LogP contribution in [0.1, 0.15) is 84.4 Å². The molecule has 0 fully saturated rings. The van der Waals surface area contributed by atoms with Crippen molar-refractivity contribution in [1.29, 1.82) is 0 Å². The Morgan fingerprint density at radius 1 is 0.914 bits per heavy atom. The molecular weight excluding hydrogens is 434 g/mol. The van der Waals surface area contributed by atoms with Crippen molar-refractivity contribution < 1.29 is 9.95 Å². The molecule has 5 heteroatoms. The second-order valence-electron chi connectivity index (χ2n) is 11.7. The van der Waals surface area contributed by atoms with E-state index < -0.39 is 0 Å². The third kappa shape index (κ3) is 4.52. The van der Waals surface area contributed by atoms with Crippen LogP contribution in [0, 0.1) is 5.21 Å². The number of rotatable bonds is 4. The van der Waals surface area contributed by atoms with Gasteiger partial charge in [-0.3, -0.25) is 0 Å². The Morgan fingerprint density at radius 2 is 1.54 bits per heavy atom. The summed E-state index contributed by atoms with van der Waals surface area (Å²) in [6.45, 7) is 17.1. The van der Waals surface area contributed by atoms with Gasteiger partial charge in [-0.15, -0.1) is 4.85 Å². The van der Waals surface area contributed by atoms with Crippen molar-refractivity contribution >= 4 is 11.0 Å². The van der Waals surface area contributed by atoms with Gasteiger partial charge < -0.3 is 10.3 Å². The first-order valence-electron chi connectivity index (χ1n) is 12.4. The van der Waals surface area contributed by atoms with Gasteiger partial charge in [0.25, 0.3) is 5.52 Å². The number of phenolic OH excluding ortho intramolecular Hbond substituents is 1. The number of hydrogen-bond donors (Lipinski definition) is 1. The van der Waals surface area contributed by atoms with Gasteiger partial charge >= 0.3 is 0 Å². The van der Waals surface area contributed by atoms with E-state index in [1.165, 1.54) is 4.80 Å². The first-order valence-corrected chi connectivity index (χ1v) is 12.4. The lowest BCUT2D eigenvalue weighted by Crippen LogP contribution is -2.37. The van der Waals surface area contributed by atoms with E-state index in [0.29, 0.717) is 22.3 Å². The fourth-order valence-corrected chi connectivity index (χ4v) is 4.42. The van der Waals surface area contributed by atoms with Crippen molar-refractivity contribution in [2.75, 3.05) is 0 Å². The minimum Gasteiger partial charge on any atom is -0.692 e. The van der Waals surface area contributed by atoms with Gasteiger partial charge in [-0.1, -0.05) is 91.8 Å². The monoisotopic (exact) mass is 471 g/mol. The molecule has 1 atom stereocenters. The van der Waals surface area contributed by atoms with Crippen LogP contribution in [0.4, 0.5) is 0 Å². The van der Waals surface area contributed by atoms with Gasteiger partial charge in [0.2, 0.25) is 5.52 Å². The number of nitrogens with zero attached hydrogens (tertiary/aromatic N) is 3. The van der Waals surface area contributed by atoms with Crippen LogP contribution in [0.15, 0.2) is 54.6 Å². The number of phenols is 1. The van der Waals surface area contributed by atoms with E-state index in [2.05, 4.69) is 61.5 Å². The summed E-state index contributed by atoms with van der Waals surface area (Å²) in [7, 11) is 0. The molecule has 0 radical (unpaired) electrons. The van der Waals surface area contributed by atoms with Gasteiger partial charge in [-0.25, -0.2) is 0 Å². The maximum Gasteiger partial charge on any atom is 0.250 e. The summed E-state index contributed by atoms with van der Waals surface area (Å²) in [6, 6.07) is 17.8. The van der Waals surface area contributed by atoms with Crippen LogP contribution >= 0.6 is 0 Å². The molecule has 1 N–H and O–H groups in total. The molecule has 0 aliphatic rings. The molecule has 184 valence electrons. The lowest BCUT2D eigenvalue weighted by Gasteiger charge is -2.22. The van der Waals surface area contributed by atoms with Crippen LogP contribution in [0.5, 0.6) is 5.75 Å². The zero-order valence-electron chi connectivity index (χ0n) is 22.2. The van der Waals surface area contributed by atoms with E-state index in [-0.39, 0.29) is 22.5 Å². The van der Waals surface area contributed by atoms with Gasteiger partial charge in [0, 0.05) is 17.2 Å². The predicted molar refractivity (Wildman–Crippen MR) is 143 cm³/mol. The Bertz CT molecular complexity index is 1390. The van der Waals surface area contributed by atoms with Crippen molar-refractivity contribution in [3.05, 3.63) is 76.5 Å². The molecule has 1 heterocycles. The number of hydrogen-bond acceptors (Lipinski definition) is 3. The smallest absolute Gasteiger partial charge is 0.250 e. The van der Waals surface area contributed by atoms with E-state index in [1.54, 1.807) is 0 Å². The molecule has 0 spiro atoms. The fraction of sp³-hybridized carbons (Fsp3) is 0.400. The zero-order chi connectivity index (χ0) is 25.7. The average Bonchev–Trinajstić information content (AvgIpc) is 3.13. The topological polar surface area (TPSA) is 65.0 Å². The number of fused-ring (bicyclic) bond motifs is 1. The zero-order valence-corrected chi connectivity index (χ0v) is 22.2. The van der Waals surface area contributed by atoms with Crippen molar-refractivity contribution in [1.82, 2.24) is 9.90 Å². The van der Waals surface area contributed by atoms with E-state index in [0.717, 1.165) is 33.5 Å². The normalized spacial score (nSPS) is 13.4. The molecule has 5 nitrogen and oxygen atoms in total. The van der Waals surface area contributed by atoms with E-state index >= 15 is 0 Å². The first-order chi connectivity index (χ1) is 16.3. The van der Waals surface area contributed by atoms with Crippen LogP contribution in [-0.4, -0.2) is 15.0 Å². The van der Waals surface area contributed by atoms with Crippen LogP contribution < -0.4 is 4.85 Å². The van der Waals surface area contributed by atoms with Crippen LogP contribution in [-0.2, 0) is 10.8 Å². The molecule has 35 heavy (non-hydrogen) atoms. The average molecular weight is 472 g/mol. The third-order valence-electron chi connectivity index (χ3n) is 7.00. The molecule has 0 amide bonds. The summed E-state index contributed by atoms with van der Waals surface area (Å²) in [4.78, 5) is 2.28. The molecular formula is C30H37N3O2. The first kappa shape index (κ1) is 24.8. The number of para-hydroxylation sites is 1. The minimum atomic E-state index is -0.117. The molecule has 0 aliphatic carbocycles.